The Bertz CT molecular complexity index is 608. The Morgan fingerprint density at radius 2 is 1.21 bits per heavy atom. The van der Waals surface area contributed by atoms with Gasteiger partial charge in [0.15, 0.2) is 5.82 Å². The van der Waals surface area contributed by atoms with E-state index in [-0.39, 0.29) is 0 Å². The van der Waals surface area contributed by atoms with Gasteiger partial charge in [0, 0.05) is 25.9 Å². The molecule has 136 valence electrons. The second kappa shape index (κ2) is 8.01. The maximum absolute atomic E-state index is 5.84. The molecule has 0 radical (unpaired) electrons. The molecule has 0 aromatic carbocycles. The molecule has 0 saturated heterocycles. The largest absolute Gasteiger partial charge is 0.477 e. The molecule has 0 saturated carbocycles. The molecular weight excluding hydrogens is 342 g/mol. The molecule has 6 nitrogen and oxygen atoms in total. The molecule has 2 heterocycles. The topological polar surface area (TPSA) is 67.9 Å². The Labute approximate surface area is 146 Å². The summed E-state index contributed by atoms with van der Waals surface area (Å²) in [6, 6.07) is 0. The van der Waals surface area contributed by atoms with E-state index in [1.165, 1.54) is 0 Å². The van der Waals surface area contributed by atoms with Gasteiger partial charge in [-0.05, 0) is 54.1 Å². The Morgan fingerprint density at radius 3 is 1.50 bits per heavy atom. The van der Waals surface area contributed by atoms with Crippen LogP contribution in [0.1, 0.15) is 12.8 Å². The molecule has 0 bridgehead atoms. The summed E-state index contributed by atoms with van der Waals surface area (Å²) in [4.78, 5) is 9.13. The first-order valence-corrected chi connectivity index (χ1v) is 14.5. The lowest BCUT2D eigenvalue weighted by atomic mass is 10.2. The monoisotopic (exact) mass is 372 g/mol. The van der Waals surface area contributed by atoms with Crippen LogP contribution < -0.4 is 0 Å². The highest BCUT2D eigenvalue weighted by Gasteiger charge is 2.26. The van der Waals surface area contributed by atoms with E-state index < -0.39 is 14.1 Å². The first-order valence-electron chi connectivity index (χ1n) is 8.35. The standard InChI is InChI=1S/C16H30N4O2P2/c1-23(2,3)19-14(20-24(4,5)6)13(15-17-9-7-11-21-15)16-18-10-8-12-22-16/h7-12H2,1-6H3. The first-order chi connectivity index (χ1) is 11.2. The number of rotatable bonds is 4. The van der Waals surface area contributed by atoms with Crippen molar-refractivity contribution in [3.05, 3.63) is 11.4 Å². The van der Waals surface area contributed by atoms with E-state index in [1.807, 2.05) is 0 Å². The highest BCUT2D eigenvalue weighted by molar-refractivity contribution is 7.64. The fourth-order valence-corrected chi connectivity index (χ4v) is 3.69. The van der Waals surface area contributed by atoms with E-state index >= 15 is 0 Å². The van der Waals surface area contributed by atoms with Crippen molar-refractivity contribution < 1.29 is 9.47 Å². The summed E-state index contributed by atoms with van der Waals surface area (Å²) in [6.07, 6.45) is 1.87. The van der Waals surface area contributed by atoms with Gasteiger partial charge in [-0.1, -0.05) is 0 Å². The third-order valence-corrected chi connectivity index (χ3v) is 4.61. The van der Waals surface area contributed by atoms with Crippen LogP contribution in [-0.4, -0.2) is 78.1 Å². The summed E-state index contributed by atoms with van der Waals surface area (Å²) in [5.74, 6) is 1.88. The van der Waals surface area contributed by atoms with Gasteiger partial charge in [0.05, 0.1) is 13.2 Å². The first kappa shape index (κ1) is 19.5. The van der Waals surface area contributed by atoms with Gasteiger partial charge in [-0.25, -0.2) is 9.49 Å². The lowest BCUT2D eigenvalue weighted by molar-refractivity contribution is 0.270. The molecule has 24 heavy (non-hydrogen) atoms. The zero-order valence-electron chi connectivity index (χ0n) is 15.7. The summed E-state index contributed by atoms with van der Waals surface area (Å²) in [5, 5.41) is 0. The fourth-order valence-electron chi connectivity index (χ4n) is 2.19. The van der Waals surface area contributed by atoms with Crippen molar-refractivity contribution in [2.75, 3.05) is 66.3 Å². The zero-order chi connectivity index (χ0) is 17.8. The Kier molecular flexibility index (Phi) is 6.50. The van der Waals surface area contributed by atoms with Crippen LogP contribution >= 0.6 is 14.1 Å². The zero-order valence-corrected chi connectivity index (χ0v) is 17.5. The average molecular weight is 372 g/mol. The summed E-state index contributed by atoms with van der Waals surface area (Å²) in [6.45, 7) is 15.9. The minimum Gasteiger partial charge on any atom is -0.477 e. The number of nitrogens with zero attached hydrogens (tertiary/aromatic N) is 4. The second-order valence-corrected chi connectivity index (χ2v) is 15.7. The molecule has 0 spiro atoms. The van der Waals surface area contributed by atoms with Crippen molar-refractivity contribution >= 4 is 25.9 Å². The van der Waals surface area contributed by atoms with Gasteiger partial charge in [-0.2, -0.15) is 0 Å². The summed E-state index contributed by atoms with van der Waals surface area (Å²) >= 11 is 0. The van der Waals surface area contributed by atoms with Crippen LogP contribution in [0.3, 0.4) is 0 Å². The summed E-state index contributed by atoms with van der Waals surface area (Å²) in [5.41, 5.74) is 0.749. The molecule has 0 N–H and O–H groups in total. The molecule has 2 rings (SSSR count). The third-order valence-electron chi connectivity index (χ3n) is 3.03. The molecule has 0 fully saturated rings. The van der Waals surface area contributed by atoms with Crippen molar-refractivity contribution in [2.45, 2.75) is 12.8 Å². The number of hydrogen-bond donors (Lipinski definition) is 0. The molecule has 8 heteroatoms. The van der Waals surface area contributed by atoms with E-state index in [1.54, 1.807) is 0 Å². The number of ether oxygens (including phenoxy) is 2. The lowest BCUT2D eigenvalue weighted by Crippen LogP contribution is -2.26. The Morgan fingerprint density at radius 1 is 0.792 bits per heavy atom. The molecule has 0 aliphatic carbocycles. The van der Waals surface area contributed by atoms with Crippen molar-refractivity contribution in [1.82, 2.24) is 0 Å². The van der Waals surface area contributed by atoms with E-state index in [2.05, 4.69) is 50.0 Å². The molecule has 0 amide bonds. The predicted octanol–water partition coefficient (Wildman–Crippen LogP) is 4.02. The molecule has 0 aromatic heterocycles. The van der Waals surface area contributed by atoms with Gasteiger partial charge in [0.25, 0.3) is 0 Å². The van der Waals surface area contributed by atoms with Gasteiger partial charge < -0.3 is 9.47 Å². The van der Waals surface area contributed by atoms with Crippen molar-refractivity contribution in [2.24, 2.45) is 19.5 Å². The fraction of sp³-hybridized carbons (Fsp3) is 0.750. The van der Waals surface area contributed by atoms with Crippen LogP contribution in [0, 0.1) is 0 Å². The normalized spacial score (nSPS) is 18.6. The molecular formula is C16H30N4O2P2. The van der Waals surface area contributed by atoms with E-state index in [4.69, 9.17) is 19.0 Å². The SMILES string of the molecule is CP(C)(C)=NC(N=P(C)(C)C)=C(C1=NCCCO1)C1=NCCCO1. The van der Waals surface area contributed by atoms with Crippen LogP contribution in [0.25, 0.3) is 0 Å². The molecule has 2 aliphatic rings. The smallest absolute Gasteiger partial charge is 0.225 e. The van der Waals surface area contributed by atoms with E-state index in [0.717, 1.165) is 31.5 Å². The van der Waals surface area contributed by atoms with Crippen LogP contribution in [0.5, 0.6) is 0 Å². The van der Waals surface area contributed by atoms with E-state index in [9.17, 15) is 0 Å². The Balaban J connectivity index is 2.71. The van der Waals surface area contributed by atoms with Gasteiger partial charge in [0.2, 0.25) is 11.8 Å². The average Bonchev–Trinajstić information content (AvgIpc) is 2.46. The Hall–Kier alpha value is -0.860. The van der Waals surface area contributed by atoms with Crippen LogP contribution in [0.15, 0.2) is 30.9 Å². The maximum atomic E-state index is 5.84. The quantitative estimate of drug-likeness (QED) is 0.700. The van der Waals surface area contributed by atoms with Gasteiger partial charge in [-0.15, -0.1) is 0 Å². The number of hydrogen-bond acceptors (Lipinski definition) is 6. The molecule has 0 atom stereocenters. The van der Waals surface area contributed by atoms with Crippen LogP contribution in [0.4, 0.5) is 0 Å². The van der Waals surface area contributed by atoms with Gasteiger partial charge >= 0.3 is 0 Å². The highest BCUT2D eigenvalue weighted by Crippen LogP contribution is 2.44. The molecule has 2 aliphatic heterocycles. The van der Waals surface area contributed by atoms with Gasteiger partial charge in [0.1, 0.15) is 5.57 Å². The van der Waals surface area contributed by atoms with E-state index in [0.29, 0.717) is 30.8 Å². The number of aliphatic imine (C=N–C) groups is 2. The molecule has 0 unspecified atom stereocenters. The van der Waals surface area contributed by atoms with Crippen molar-refractivity contribution in [3.63, 3.8) is 0 Å². The van der Waals surface area contributed by atoms with Crippen LogP contribution in [0.2, 0.25) is 0 Å². The predicted molar refractivity (Wildman–Crippen MR) is 107 cm³/mol. The maximum Gasteiger partial charge on any atom is 0.225 e. The third kappa shape index (κ3) is 6.22. The summed E-state index contributed by atoms with van der Waals surface area (Å²) in [7, 11) is -2.89. The van der Waals surface area contributed by atoms with Crippen LogP contribution in [-0.2, 0) is 9.47 Å². The lowest BCUT2D eigenvalue weighted by Gasteiger charge is -2.22. The second-order valence-electron chi connectivity index (χ2n) is 7.56. The van der Waals surface area contributed by atoms with Gasteiger partial charge in [-0.3, -0.25) is 9.98 Å². The minimum absolute atomic E-state index is 0.589. The summed E-state index contributed by atoms with van der Waals surface area (Å²) < 4.78 is 21.6. The highest BCUT2D eigenvalue weighted by atomic mass is 31.2. The molecule has 0 aromatic rings. The van der Waals surface area contributed by atoms with Crippen molar-refractivity contribution in [1.29, 1.82) is 0 Å². The minimum atomic E-state index is -1.44. The van der Waals surface area contributed by atoms with Crippen molar-refractivity contribution in [3.8, 4) is 0 Å².